The van der Waals surface area contributed by atoms with Gasteiger partial charge in [-0.2, -0.15) is 10.2 Å². The number of aromatic nitrogens is 3. The van der Waals surface area contributed by atoms with E-state index >= 15 is 0 Å². The molecule has 2 fully saturated rings. The van der Waals surface area contributed by atoms with Crippen LogP contribution in [0.5, 0.6) is 0 Å². The Kier molecular flexibility index (Phi) is 3.56. The molecule has 2 heterocycles. The molecule has 2 aliphatic rings. The van der Waals surface area contributed by atoms with Crippen molar-refractivity contribution in [2.45, 2.75) is 31.4 Å². The molecule has 27 heavy (non-hydrogen) atoms. The Bertz CT molecular complexity index is 1070. The fraction of sp³-hybridized carbons (Fsp3) is 0.300. The average molecular weight is 363 g/mol. The standard InChI is InChI=1S/C20H18FN5O/c21-17-6-13(17)20(27)26-19-5-12-3-11(4-18(22)16(12)7-23-19)15-9-25-24-8-14(15)10-1-2-10/h3-5,7-10,13,17H,1-2,6,22H2,(H,23,26,27)/t13-,17+/m1/s1. The van der Waals surface area contributed by atoms with Gasteiger partial charge in [-0.05, 0) is 59.9 Å². The van der Waals surface area contributed by atoms with Gasteiger partial charge in [-0.3, -0.25) is 4.79 Å². The number of nitrogens with zero attached hydrogens (tertiary/aromatic N) is 3. The predicted molar refractivity (Wildman–Crippen MR) is 101 cm³/mol. The number of hydrogen-bond donors (Lipinski definition) is 2. The molecule has 7 heteroatoms. The van der Waals surface area contributed by atoms with E-state index in [4.69, 9.17) is 5.73 Å². The Morgan fingerprint density at radius 3 is 2.67 bits per heavy atom. The van der Waals surface area contributed by atoms with E-state index in [2.05, 4.69) is 20.5 Å². The van der Waals surface area contributed by atoms with Gasteiger partial charge in [0.05, 0.1) is 18.3 Å². The SMILES string of the molecule is Nc1cc(-c2cnncc2C2CC2)cc2cc(NC(=O)[C@@H]3C[C@@H]3F)ncc12. The molecule has 0 radical (unpaired) electrons. The smallest absolute Gasteiger partial charge is 0.231 e. The zero-order chi connectivity index (χ0) is 18.5. The van der Waals surface area contributed by atoms with E-state index in [1.165, 1.54) is 18.4 Å². The van der Waals surface area contributed by atoms with Crippen molar-refractivity contribution in [1.82, 2.24) is 15.2 Å². The third-order valence-corrected chi connectivity index (χ3v) is 5.26. The van der Waals surface area contributed by atoms with Crippen molar-refractivity contribution in [3.8, 4) is 11.1 Å². The number of hydrogen-bond acceptors (Lipinski definition) is 5. The first-order valence-electron chi connectivity index (χ1n) is 9.05. The maximum Gasteiger partial charge on any atom is 0.231 e. The molecule has 2 atom stereocenters. The number of nitrogens with two attached hydrogens (primary N) is 1. The molecule has 2 aliphatic carbocycles. The van der Waals surface area contributed by atoms with E-state index in [0.717, 1.165) is 21.9 Å². The van der Waals surface area contributed by atoms with Gasteiger partial charge in [-0.1, -0.05) is 0 Å². The second-order valence-corrected chi connectivity index (χ2v) is 7.34. The molecule has 1 amide bonds. The van der Waals surface area contributed by atoms with Gasteiger partial charge in [-0.25, -0.2) is 9.37 Å². The summed E-state index contributed by atoms with van der Waals surface area (Å²) in [5, 5.41) is 12.4. The molecule has 0 bridgehead atoms. The number of alkyl halides is 1. The summed E-state index contributed by atoms with van der Waals surface area (Å²) in [4.78, 5) is 16.2. The predicted octanol–water partition coefficient (Wildman–Crippen LogP) is 3.45. The summed E-state index contributed by atoms with van der Waals surface area (Å²) in [5.74, 6) is 0.0565. The first-order chi connectivity index (χ1) is 13.1. The van der Waals surface area contributed by atoms with Gasteiger partial charge in [0.25, 0.3) is 0 Å². The van der Waals surface area contributed by atoms with E-state index in [0.29, 0.717) is 17.4 Å². The Hall–Kier alpha value is -3.09. The largest absolute Gasteiger partial charge is 0.398 e. The minimum absolute atomic E-state index is 0.287. The van der Waals surface area contributed by atoms with Crippen LogP contribution in [0.25, 0.3) is 21.9 Å². The number of halogens is 1. The number of rotatable bonds is 4. The number of benzene rings is 1. The van der Waals surface area contributed by atoms with Crippen LogP contribution in [-0.4, -0.2) is 27.3 Å². The number of nitrogens with one attached hydrogen (secondary N) is 1. The number of nitrogen functional groups attached to an aromatic ring is 1. The van der Waals surface area contributed by atoms with Crippen LogP contribution in [0.4, 0.5) is 15.9 Å². The van der Waals surface area contributed by atoms with E-state index < -0.39 is 12.1 Å². The van der Waals surface area contributed by atoms with Crippen LogP contribution >= 0.6 is 0 Å². The van der Waals surface area contributed by atoms with E-state index in [1.807, 2.05) is 18.3 Å². The van der Waals surface area contributed by atoms with Gasteiger partial charge in [0, 0.05) is 22.8 Å². The number of pyridine rings is 1. The molecule has 0 aliphatic heterocycles. The Labute approximate surface area is 155 Å². The van der Waals surface area contributed by atoms with Crippen LogP contribution in [0.3, 0.4) is 0 Å². The molecule has 6 nitrogen and oxygen atoms in total. The van der Waals surface area contributed by atoms with Crippen molar-refractivity contribution in [3.05, 3.63) is 42.4 Å². The zero-order valence-electron chi connectivity index (χ0n) is 14.5. The molecule has 3 N–H and O–H groups in total. The monoisotopic (exact) mass is 363 g/mol. The lowest BCUT2D eigenvalue weighted by Gasteiger charge is -2.11. The molecular formula is C20H18FN5O. The maximum absolute atomic E-state index is 13.1. The Morgan fingerprint density at radius 2 is 1.93 bits per heavy atom. The number of carbonyl (C=O) groups excluding carboxylic acids is 1. The first kappa shape index (κ1) is 16.1. The normalized spacial score (nSPS) is 21.2. The third kappa shape index (κ3) is 2.99. The molecule has 0 spiro atoms. The van der Waals surface area contributed by atoms with Crippen molar-refractivity contribution >= 4 is 28.2 Å². The summed E-state index contributed by atoms with van der Waals surface area (Å²) in [6, 6.07) is 5.71. The highest BCUT2D eigenvalue weighted by molar-refractivity contribution is 6.00. The van der Waals surface area contributed by atoms with Gasteiger partial charge in [0.15, 0.2) is 0 Å². The second-order valence-electron chi connectivity index (χ2n) is 7.34. The van der Waals surface area contributed by atoms with Gasteiger partial charge in [0.1, 0.15) is 12.0 Å². The van der Waals surface area contributed by atoms with Crippen molar-refractivity contribution in [2.75, 3.05) is 11.1 Å². The minimum Gasteiger partial charge on any atom is -0.398 e. The summed E-state index contributed by atoms with van der Waals surface area (Å²) in [7, 11) is 0. The maximum atomic E-state index is 13.1. The fourth-order valence-electron chi connectivity index (χ4n) is 3.46. The Balaban J connectivity index is 1.54. The minimum atomic E-state index is -1.03. The first-order valence-corrected chi connectivity index (χ1v) is 9.05. The van der Waals surface area contributed by atoms with Crippen molar-refractivity contribution in [3.63, 3.8) is 0 Å². The number of anilines is 2. The topological polar surface area (TPSA) is 93.8 Å². The molecule has 2 aromatic heterocycles. The van der Waals surface area contributed by atoms with Crippen LogP contribution < -0.4 is 11.1 Å². The van der Waals surface area contributed by atoms with E-state index in [-0.39, 0.29) is 12.3 Å². The number of fused-ring (bicyclic) bond motifs is 1. The highest BCUT2D eigenvalue weighted by atomic mass is 19.1. The van der Waals surface area contributed by atoms with Crippen LogP contribution in [0.2, 0.25) is 0 Å². The molecule has 136 valence electrons. The lowest BCUT2D eigenvalue weighted by Crippen LogP contribution is -2.15. The van der Waals surface area contributed by atoms with Crippen molar-refractivity contribution < 1.29 is 9.18 Å². The van der Waals surface area contributed by atoms with Crippen molar-refractivity contribution in [2.24, 2.45) is 5.92 Å². The third-order valence-electron chi connectivity index (χ3n) is 5.26. The summed E-state index contributed by atoms with van der Waals surface area (Å²) < 4.78 is 13.1. The van der Waals surface area contributed by atoms with Crippen LogP contribution in [0, 0.1) is 5.92 Å². The van der Waals surface area contributed by atoms with Gasteiger partial charge < -0.3 is 11.1 Å². The highest BCUT2D eigenvalue weighted by Gasteiger charge is 2.43. The molecule has 3 aromatic rings. The number of amides is 1. The van der Waals surface area contributed by atoms with E-state index in [9.17, 15) is 9.18 Å². The summed E-state index contributed by atoms with van der Waals surface area (Å²) >= 11 is 0. The fourth-order valence-corrected chi connectivity index (χ4v) is 3.46. The molecule has 2 saturated carbocycles. The highest BCUT2D eigenvalue weighted by Crippen LogP contribution is 2.44. The van der Waals surface area contributed by atoms with Crippen LogP contribution in [0.15, 0.2) is 36.8 Å². The molecule has 5 rings (SSSR count). The lowest BCUT2D eigenvalue weighted by molar-refractivity contribution is -0.117. The van der Waals surface area contributed by atoms with Gasteiger partial charge in [-0.15, -0.1) is 0 Å². The molecule has 0 saturated heterocycles. The van der Waals surface area contributed by atoms with Crippen LogP contribution in [0.1, 0.15) is 30.7 Å². The summed E-state index contributed by atoms with van der Waals surface area (Å²) in [6.07, 6.45) is 6.82. The summed E-state index contributed by atoms with van der Waals surface area (Å²) in [5.41, 5.74) is 10.0. The molecule has 1 aromatic carbocycles. The zero-order valence-corrected chi connectivity index (χ0v) is 14.5. The van der Waals surface area contributed by atoms with Crippen LogP contribution in [-0.2, 0) is 4.79 Å². The van der Waals surface area contributed by atoms with E-state index in [1.54, 1.807) is 18.5 Å². The van der Waals surface area contributed by atoms with Crippen molar-refractivity contribution in [1.29, 1.82) is 0 Å². The molecule has 0 unspecified atom stereocenters. The van der Waals surface area contributed by atoms with Gasteiger partial charge >= 0.3 is 0 Å². The molecular weight excluding hydrogens is 345 g/mol. The lowest BCUT2D eigenvalue weighted by atomic mass is 9.97. The average Bonchev–Trinajstić information content (AvgIpc) is 3.57. The quantitative estimate of drug-likeness (QED) is 0.693. The van der Waals surface area contributed by atoms with Gasteiger partial charge in [0.2, 0.25) is 5.91 Å². The number of carbonyl (C=O) groups is 1. The summed E-state index contributed by atoms with van der Waals surface area (Å²) in [6.45, 7) is 0. The Morgan fingerprint density at radius 1 is 1.15 bits per heavy atom. The second kappa shape index (κ2) is 5.97.